The van der Waals surface area contributed by atoms with Gasteiger partial charge in [-0.1, -0.05) is 25.1 Å². The van der Waals surface area contributed by atoms with Crippen LogP contribution in [0.5, 0.6) is 0 Å². The van der Waals surface area contributed by atoms with E-state index < -0.39 is 0 Å². The topological polar surface area (TPSA) is 136 Å². The summed E-state index contributed by atoms with van der Waals surface area (Å²) in [6.07, 6.45) is 6.51. The minimum absolute atomic E-state index is 0.117. The summed E-state index contributed by atoms with van der Waals surface area (Å²) in [5, 5.41) is 9.41. The van der Waals surface area contributed by atoms with E-state index in [0.29, 0.717) is 17.3 Å². The first-order valence-corrected chi connectivity index (χ1v) is 11.6. The van der Waals surface area contributed by atoms with Crippen LogP contribution in [0, 0.1) is 0 Å². The number of hydrogen-bond donors (Lipinski definition) is 4. The lowest BCUT2D eigenvalue weighted by molar-refractivity contribution is 0.603. The third-order valence-corrected chi connectivity index (χ3v) is 6.51. The van der Waals surface area contributed by atoms with Crippen molar-refractivity contribution < 1.29 is 0 Å². The number of nitrogens with two attached hydrogens (primary N) is 2. The van der Waals surface area contributed by atoms with Crippen molar-refractivity contribution >= 4 is 28.2 Å². The number of hydrazone groups is 1. The predicted molar refractivity (Wildman–Crippen MR) is 131 cm³/mol. The predicted octanol–water partition coefficient (Wildman–Crippen LogP) is 2.99. The average molecular weight is 447 g/mol. The molecule has 5 rings (SSSR count). The molecule has 0 radical (unpaired) electrons. The van der Waals surface area contributed by atoms with E-state index in [2.05, 4.69) is 50.9 Å². The molecular formula is C24H30N8O. The Kier molecular flexibility index (Phi) is 5.39. The summed E-state index contributed by atoms with van der Waals surface area (Å²) in [7, 11) is 1.66. The third kappa shape index (κ3) is 3.88. The second-order valence-corrected chi connectivity index (χ2v) is 8.87. The van der Waals surface area contributed by atoms with Crippen molar-refractivity contribution in [2.45, 2.75) is 57.0 Å². The van der Waals surface area contributed by atoms with Crippen LogP contribution in [0.2, 0.25) is 0 Å². The highest BCUT2D eigenvalue weighted by Gasteiger charge is 2.32. The zero-order chi connectivity index (χ0) is 23.1. The maximum atomic E-state index is 13.8. The SMILES string of the molecule is CCC(Nc1ncnc(N)c1C(N)=NNC)c1cc2cccc(C3CC3)c2c(=O)n1C1CC1. The molecular weight excluding hydrogens is 416 g/mol. The molecule has 0 aliphatic heterocycles. The fraction of sp³-hybridized carbons (Fsp3) is 0.417. The molecule has 6 N–H and O–H groups in total. The van der Waals surface area contributed by atoms with Crippen LogP contribution in [-0.2, 0) is 0 Å². The summed E-state index contributed by atoms with van der Waals surface area (Å²) in [4.78, 5) is 22.3. The van der Waals surface area contributed by atoms with Crippen molar-refractivity contribution in [1.82, 2.24) is 20.0 Å². The van der Waals surface area contributed by atoms with E-state index in [1.165, 1.54) is 11.9 Å². The fourth-order valence-electron chi connectivity index (χ4n) is 4.62. The van der Waals surface area contributed by atoms with Gasteiger partial charge in [0.05, 0.1) is 11.4 Å². The van der Waals surface area contributed by atoms with E-state index in [4.69, 9.17) is 11.5 Å². The lowest BCUT2D eigenvalue weighted by atomic mass is 9.99. The Balaban J connectivity index is 1.63. The van der Waals surface area contributed by atoms with Gasteiger partial charge in [0.15, 0.2) is 5.84 Å². The largest absolute Gasteiger partial charge is 0.383 e. The van der Waals surface area contributed by atoms with Crippen molar-refractivity contribution in [3.05, 3.63) is 57.8 Å². The van der Waals surface area contributed by atoms with Gasteiger partial charge < -0.3 is 26.8 Å². The standard InChI is InChI=1S/C24H30N8O/c1-3-17(30-23-20(22(26)31-27-2)21(25)28-12-29-23)18-11-14-5-4-6-16(13-7-8-13)19(14)24(33)32(18)15-9-10-15/h4-6,11-13,15,17,27H,3,7-10H2,1-2H3,(H2,26,31)(H3,25,28,29,30). The molecule has 0 bridgehead atoms. The van der Waals surface area contributed by atoms with Crippen molar-refractivity contribution in [3.8, 4) is 0 Å². The van der Waals surface area contributed by atoms with Gasteiger partial charge in [0, 0.05) is 18.8 Å². The first-order valence-electron chi connectivity index (χ1n) is 11.6. The van der Waals surface area contributed by atoms with Crippen molar-refractivity contribution in [1.29, 1.82) is 0 Å². The fourth-order valence-corrected chi connectivity index (χ4v) is 4.62. The normalized spacial score (nSPS) is 17.2. The molecule has 2 fully saturated rings. The van der Waals surface area contributed by atoms with Gasteiger partial charge in [-0.05, 0) is 55.0 Å². The molecule has 172 valence electrons. The summed E-state index contributed by atoms with van der Waals surface area (Å²) < 4.78 is 2.00. The molecule has 0 amide bonds. The van der Waals surface area contributed by atoms with Gasteiger partial charge in [0.2, 0.25) is 0 Å². The Hall–Kier alpha value is -3.62. The van der Waals surface area contributed by atoms with Crippen LogP contribution in [0.3, 0.4) is 0 Å². The Morgan fingerprint density at radius 1 is 1.27 bits per heavy atom. The number of pyridine rings is 1. The van der Waals surface area contributed by atoms with E-state index in [0.717, 1.165) is 48.6 Å². The summed E-state index contributed by atoms with van der Waals surface area (Å²) >= 11 is 0. The number of aromatic nitrogens is 3. The first-order chi connectivity index (χ1) is 16.0. The van der Waals surface area contributed by atoms with Crippen LogP contribution in [-0.4, -0.2) is 27.4 Å². The monoisotopic (exact) mass is 446 g/mol. The van der Waals surface area contributed by atoms with Gasteiger partial charge >= 0.3 is 0 Å². The van der Waals surface area contributed by atoms with Crippen LogP contribution in [0.15, 0.2) is 40.5 Å². The minimum Gasteiger partial charge on any atom is -0.383 e. The minimum atomic E-state index is -0.164. The number of rotatable bonds is 8. The molecule has 9 heteroatoms. The molecule has 1 atom stereocenters. The van der Waals surface area contributed by atoms with Crippen LogP contribution in [0.1, 0.15) is 73.9 Å². The zero-order valence-corrected chi connectivity index (χ0v) is 19.0. The van der Waals surface area contributed by atoms with Crippen molar-refractivity contribution in [2.75, 3.05) is 18.1 Å². The summed E-state index contributed by atoms with van der Waals surface area (Å²) in [5.74, 6) is 1.44. The van der Waals surface area contributed by atoms with Gasteiger partial charge in [-0.3, -0.25) is 4.79 Å². The van der Waals surface area contributed by atoms with E-state index in [1.807, 2.05) is 10.6 Å². The molecule has 33 heavy (non-hydrogen) atoms. The smallest absolute Gasteiger partial charge is 0.259 e. The van der Waals surface area contributed by atoms with Crippen LogP contribution < -0.4 is 27.8 Å². The Bertz CT molecular complexity index is 1290. The summed E-state index contributed by atoms with van der Waals surface area (Å²) in [6.45, 7) is 2.08. The summed E-state index contributed by atoms with van der Waals surface area (Å²) in [6, 6.07) is 8.47. The van der Waals surface area contributed by atoms with Gasteiger partial charge in [-0.25, -0.2) is 9.97 Å². The number of nitrogens with zero attached hydrogens (tertiary/aromatic N) is 4. The first kappa shape index (κ1) is 21.2. The highest BCUT2D eigenvalue weighted by Crippen LogP contribution is 2.43. The second-order valence-electron chi connectivity index (χ2n) is 8.87. The highest BCUT2D eigenvalue weighted by atomic mass is 16.1. The number of hydrogen-bond acceptors (Lipinski definition) is 7. The Labute approximate surface area is 192 Å². The number of amidine groups is 1. The van der Waals surface area contributed by atoms with Crippen LogP contribution in [0.25, 0.3) is 10.8 Å². The molecule has 0 spiro atoms. The third-order valence-electron chi connectivity index (χ3n) is 6.51. The van der Waals surface area contributed by atoms with E-state index in [1.54, 1.807) is 7.05 Å². The lowest BCUT2D eigenvalue weighted by Gasteiger charge is -2.25. The Morgan fingerprint density at radius 3 is 2.73 bits per heavy atom. The van der Waals surface area contributed by atoms with Crippen molar-refractivity contribution in [2.24, 2.45) is 10.8 Å². The maximum absolute atomic E-state index is 13.8. The molecule has 2 aromatic heterocycles. The van der Waals surface area contributed by atoms with Gasteiger partial charge in [0.1, 0.15) is 23.5 Å². The molecule has 0 saturated heterocycles. The van der Waals surface area contributed by atoms with Gasteiger partial charge in [0.25, 0.3) is 5.56 Å². The molecule has 9 nitrogen and oxygen atoms in total. The number of fused-ring (bicyclic) bond motifs is 1. The van der Waals surface area contributed by atoms with Gasteiger partial charge in [-0.15, -0.1) is 0 Å². The second kappa shape index (κ2) is 8.38. The number of benzene rings is 1. The molecule has 2 aliphatic carbocycles. The van der Waals surface area contributed by atoms with E-state index in [-0.39, 0.29) is 29.3 Å². The van der Waals surface area contributed by atoms with Crippen molar-refractivity contribution in [3.63, 3.8) is 0 Å². The van der Waals surface area contributed by atoms with E-state index >= 15 is 0 Å². The highest BCUT2D eigenvalue weighted by molar-refractivity contribution is 6.05. The van der Waals surface area contributed by atoms with Gasteiger partial charge in [-0.2, -0.15) is 5.10 Å². The average Bonchev–Trinajstić information content (AvgIpc) is 3.70. The molecule has 2 heterocycles. The Morgan fingerprint density at radius 2 is 2.06 bits per heavy atom. The molecule has 1 aromatic carbocycles. The summed E-state index contributed by atoms with van der Waals surface area (Å²) in [5.41, 5.74) is 17.6. The number of nitrogens with one attached hydrogen (secondary N) is 2. The van der Waals surface area contributed by atoms with Crippen LogP contribution in [0.4, 0.5) is 11.6 Å². The maximum Gasteiger partial charge on any atom is 0.259 e. The molecule has 2 saturated carbocycles. The van der Waals surface area contributed by atoms with E-state index in [9.17, 15) is 4.79 Å². The lowest BCUT2D eigenvalue weighted by Crippen LogP contribution is -2.29. The molecule has 2 aliphatic rings. The number of anilines is 2. The van der Waals surface area contributed by atoms with Crippen LogP contribution >= 0.6 is 0 Å². The molecule has 3 aromatic rings. The zero-order valence-electron chi connectivity index (χ0n) is 19.0. The quantitative estimate of drug-likeness (QED) is 0.237. The number of nitrogen functional groups attached to an aromatic ring is 1. The molecule has 1 unspecified atom stereocenters.